The van der Waals surface area contributed by atoms with E-state index < -0.39 is 11.9 Å². The Morgan fingerprint density at radius 3 is 1.06 bits per heavy atom. The van der Waals surface area contributed by atoms with Crippen molar-refractivity contribution in [1.29, 1.82) is 0 Å². The van der Waals surface area contributed by atoms with Crippen LogP contribution in [0.5, 0.6) is 0 Å². The van der Waals surface area contributed by atoms with Gasteiger partial charge in [-0.3, -0.25) is 0 Å². The highest BCUT2D eigenvalue weighted by atomic mass is 16.6. The molecule has 0 aromatic heterocycles. The monoisotopic (exact) mass is 442 g/mol. The maximum atomic E-state index is 11.6. The molecule has 0 saturated carbocycles. The second-order valence-corrected chi connectivity index (χ2v) is 8.59. The van der Waals surface area contributed by atoms with Crippen LogP contribution in [0.3, 0.4) is 0 Å². The van der Waals surface area contributed by atoms with Crippen molar-refractivity contribution in [1.82, 2.24) is 0 Å². The van der Waals surface area contributed by atoms with Crippen LogP contribution < -0.4 is 0 Å². The number of unbranched alkanes of at least 4 members (excludes halogenated alkanes) is 16. The highest BCUT2D eigenvalue weighted by Crippen LogP contribution is 2.12. The molecule has 5 nitrogen and oxygen atoms in total. The lowest BCUT2D eigenvalue weighted by Gasteiger charge is -2.07. The number of rotatable bonds is 24. The quantitative estimate of drug-likeness (QED) is 0.117. The molecule has 5 heteroatoms. The molecular weight excluding hydrogens is 392 g/mol. The van der Waals surface area contributed by atoms with Crippen LogP contribution in [0.1, 0.15) is 129 Å². The number of hydrogen-bond donors (Lipinski definition) is 0. The first-order chi connectivity index (χ1) is 15.2. The van der Waals surface area contributed by atoms with Crippen LogP contribution in [0.2, 0.25) is 0 Å². The Balaban J connectivity index is 3.28. The normalized spacial score (nSPS) is 10.9. The van der Waals surface area contributed by atoms with E-state index in [0.29, 0.717) is 13.2 Å². The van der Waals surface area contributed by atoms with Gasteiger partial charge >= 0.3 is 11.9 Å². The molecule has 0 atom stereocenters. The van der Waals surface area contributed by atoms with Crippen molar-refractivity contribution in [2.45, 2.75) is 129 Å². The minimum atomic E-state index is -0.415. The fourth-order valence-corrected chi connectivity index (χ4v) is 3.50. The first-order valence-electron chi connectivity index (χ1n) is 13.1. The average Bonchev–Trinajstić information content (AvgIpc) is 2.76. The molecule has 0 aliphatic rings. The zero-order chi connectivity index (χ0) is 22.8. The molecule has 0 fully saturated rings. The van der Waals surface area contributed by atoms with E-state index in [0.717, 1.165) is 25.7 Å². The van der Waals surface area contributed by atoms with Gasteiger partial charge in [0, 0.05) is 0 Å². The highest BCUT2D eigenvalue weighted by molar-refractivity contribution is 5.73. The maximum Gasteiger partial charge on any atom is 0.332 e. The van der Waals surface area contributed by atoms with Gasteiger partial charge < -0.3 is 14.2 Å². The van der Waals surface area contributed by atoms with Crippen molar-refractivity contribution in [3.8, 4) is 0 Å². The Bertz CT molecular complexity index is 397. The smallest absolute Gasteiger partial charge is 0.332 e. The minimum absolute atomic E-state index is 0.190. The summed E-state index contributed by atoms with van der Waals surface area (Å²) in [4.78, 5) is 23.2. The summed E-state index contributed by atoms with van der Waals surface area (Å²) in [7, 11) is 0. The predicted molar refractivity (Wildman–Crippen MR) is 127 cm³/mol. The molecule has 0 aliphatic heterocycles. The summed E-state index contributed by atoms with van der Waals surface area (Å²) in [6.07, 6.45) is 22.2. The molecule has 0 saturated heterocycles. The van der Waals surface area contributed by atoms with Gasteiger partial charge in [-0.25, -0.2) is 9.59 Å². The summed E-state index contributed by atoms with van der Waals surface area (Å²) < 4.78 is 15.3. The van der Waals surface area contributed by atoms with Crippen LogP contribution in [0.4, 0.5) is 0 Å². The van der Waals surface area contributed by atoms with E-state index in [1.165, 1.54) is 89.9 Å². The fraction of sp³-hybridized carbons (Fsp3) is 0.923. The van der Waals surface area contributed by atoms with Gasteiger partial charge in [-0.2, -0.15) is 0 Å². The van der Waals surface area contributed by atoms with Crippen molar-refractivity contribution >= 4 is 11.9 Å². The molecule has 31 heavy (non-hydrogen) atoms. The lowest BCUT2D eigenvalue weighted by atomic mass is 10.1. The first kappa shape index (κ1) is 29.9. The second-order valence-electron chi connectivity index (χ2n) is 8.59. The summed E-state index contributed by atoms with van der Waals surface area (Å²) in [5, 5.41) is 0. The molecule has 0 aliphatic carbocycles. The van der Waals surface area contributed by atoms with Crippen LogP contribution in [0.25, 0.3) is 0 Å². The topological polar surface area (TPSA) is 61.8 Å². The first-order valence-corrected chi connectivity index (χ1v) is 13.1. The van der Waals surface area contributed by atoms with E-state index in [2.05, 4.69) is 13.8 Å². The summed E-state index contributed by atoms with van der Waals surface area (Å²) in [5.74, 6) is -0.825. The third-order valence-corrected chi connectivity index (χ3v) is 5.46. The number of esters is 2. The Morgan fingerprint density at radius 1 is 0.452 bits per heavy atom. The van der Waals surface area contributed by atoms with Crippen LogP contribution in [-0.2, 0) is 23.8 Å². The number of carbonyl (C=O) groups is 2. The third-order valence-electron chi connectivity index (χ3n) is 5.46. The van der Waals surface area contributed by atoms with E-state index in [9.17, 15) is 9.59 Å². The van der Waals surface area contributed by atoms with Gasteiger partial charge in [0.1, 0.15) is 13.2 Å². The Morgan fingerprint density at radius 2 is 0.742 bits per heavy atom. The van der Waals surface area contributed by atoms with Gasteiger partial charge in [0.05, 0.1) is 13.2 Å². The molecule has 0 heterocycles. The minimum Gasteiger partial charge on any atom is -0.464 e. The van der Waals surface area contributed by atoms with Crippen LogP contribution in [0, 0.1) is 0 Å². The summed E-state index contributed by atoms with van der Waals surface area (Å²) in [5.41, 5.74) is 0. The van der Waals surface area contributed by atoms with E-state index >= 15 is 0 Å². The molecule has 0 bridgehead atoms. The van der Waals surface area contributed by atoms with Crippen molar-refractivity contribution in [3.63, 3.8) is 0 Å². The second kappa shape index (κ2) is 25.2. The molecule has 0 unspecified atom stereocenters. The highest BCUT2D eigenvalue weighted by Gasteiger charge is 2.07. The van der Waals surface area contributed by atoms with Gasteiger partial charge in [0.15, 0.2) is 0 Å². The Hall–Kier alpha value is -1.10. The number of ether oxygens (including phenoxy) is 3. The molecule has 0 aromatic rings. The van der Waals surface area contributed by atoms with E-state index in [1.807, 2.05) is 0 Å². The van der Waals surface area contributed by atoms with Crippen molar-refractivity contribution in [2.24, 2.45) is 0 Å². The third kappa shape index (κ3) is 25.0. The van der Waals surface area contributed by atoms with Gasteiger partial charge in [-0.1, -0.05) is 117 Å². The summed E-state index contributed by atoms with van der Waals surface area (Å²) >= 11 is 0. The molecule has 0 rings (SSSR count). The van der Waals surface area contributed by atoms with Crippen LogP contribution in [-0.4, -0.2) is 38.4 Å². The zero-order valence-corrected chi connectivity index (χ0v) is 20.6. The van der Waals surface area contributed by atoms with E-state index in [4.69, 9.17) is 14.2 Å². The molecule has 0 aromatic carbocycles. The van der Waals surface area contributed by atoms with Crippen molar-refractivity contribution < 1.29 is 23.8 Å². The van der Waals surface area contributed by atoms with Crippen LogP contribution >= 0.6 is 0 Å². The van der Waals surface area contributed by atoms with Gasteiger partial charge in [0.2, 0.25) is 0 Å². The van der Waals surface area contributed by atoms with Gasteiger partial charge in [-0.15, -0.1) is 0 Å². The van der Waals surface area contributed by atoms with Gasteiger partial charge in [-0.05, 0) is 12.8 Å². The van der Waals surface area contributed by atoms with Crippen molar-refractivity contribution in [2.75, 3.05) is 26.4 Å². The largest absolute Gasteiger partial charge is 0.464 e. The lowest BCUT2D eigenvalue weighted by Crippen LogP contribution is -2.19. The number of carbonyl (C=O) groups excluding carboxylic acids is 2. The predicted octanol–water partition coefficient (Wildman–Crippen LogP) is 7.15. The lowest BCUT2D eigenvalue weighted by molar-refractivity contribution is -0.155. The molecule has 0 radical (unpaired) electrons. The Labute approximate surface area is 192 Å². The van der Waals surface area contributed by atoms with Crippen LogP contribution in [0.15, 0.2) is 0 Å². The van der Waals surface area contributed by atoms with Gasteiger partial charge in [0.25, 0.3) is 0 Å². The fourth-order valence-electron chi connectivity index (χ4n) is 3.50. The molecular formula is C26H50O5. The average molecular weight is 443 g/mol. The summed E-state index contributed by atoms with van der Waals surface area (Å²) in [6.45, 7) is 4.93. The maximum absolute atomic E-state index is 11.6. The van der Waals surface area contributed by atoms with Crippen molar-refractivity contribution in [3.05, 3.63) is 0 Å². The SMILES string of the molecule is CCCCCCCCCCCCCCOC(=O)COCC(=O)OCCCCCCCC. The Kier molecular flexibility index (Phi) is 24.3. The molecule has 0 N–H and O–H groups in total. The van der Waals surface area contributed by atoms with E-state index in [1.54, 1.807) is 0 Å². The number of hydrogen-bond acceptors (Lipinski definition) is 5. The standard InChI is InChI=1S/C26H50O5/c1-3-5-7-9-11-12-13-14-15-16-18-20-22-31-26(28)24-29-23-25(27)30-21-19-17-10-8-6-4-2/h3-24H2,1-2H3. The summed E-state index contributed by atoms with van der Waals surface area (Å²) in [6, 6.07) is 0. The molecule has 0 amide bonds. The zero-order valence-electron chi connectivity index (χ0n) is 20.6. The van der Waals surface area contributed by atoms with E-state index in [-0.39, 0.29) is 13.2 Å². The molecule has 0 spiro atoms. The molecule has 184 valence electrons.